The number of alkyl halides is 3. The van der Waals surface area contributed by atoms with E-state index in [2.05, 4.69) is 25.9 Å². The highest BCUT2D eigenvalue weighted by Gasteiger charge is 2.35. The maximum atomic E-state index is 13.5. The lowest BCUT2D eigenvalue weighted by atomic mass is 10.3. The second-order valence-corrected chi connectivity index (χ2v) is 4.95. The van der Waals surface area contributed by atoms with E-state index in [1.807, 2.05) is 0 Å². The summed E-state index contributed by atoms with van der Waals surface area (Å²) in [6, 6.07) is 2.70. The molecule has 10 heteroatoms. The summed E-state index contributed by atoms with van der Waals surface area (Å²) in [6.07, 6.45) is -4.86. The van der Waals surface area contributed by atoms with Crippen LogP contribution >= 0.6 is 27.5 Å². The maximum Gasteiger partial charge on any atom is 0.451 e. The van der Waals surface area contributed by atoms with Crippen LogP contribution in [0.1, 0.15) is 5.82 Å². The van der Waals surface area contributed by atoms with Gasteiger partial charge in [0.05, 0.1) is 0 Å². The number of nitrogens with zero attached hydrogens (tertiary/aromatic N) is 2. The Morgan fingerprint density at radius 1 is 1.10 bits per heavy atom. The first kappa shape index (κ1) is 15.9. The molecule has 0 saturated heterocycles. The molecule has 2 rings (SSSR count). The van der Waals surface area contributed by atoms with Crippen LogP contribution in [-0.4, -0.2) is 9.97 Å². The molecule has 0 N–H and O–H groups in total. The highest BCUT2D eigenvalue weighted by molar-refractivity contribution is 9.10. The molecule has 1 heterocycles. The van der Waals surface area contributed by atoms with Gasteiger partial charge in [0.1, 0.15) is 5.15 Å². The maximum absolute atomic E-state index is 13.5. The Labute approximate surface area is 127 Å². The Kier molecular flexibility index (Phi) is 4.33. The van der Waals surface area contributed by atoms with Crippen molar-refractivity contribution in [2.75, 3.05) is 0 Å². The lowest BCUT2D eigenvalue weighted by Crippen LogP contribution is -2.11. The molecule has 0 radical (unpaired) electrons. The lowest BCUT2D eigenvalue weighted by molar-refractivity contribution is -0.145. The molecule has 112 valence electrons. The molecule has 0 aliphatic carbocycles. The molecule has 0 aliphatic rings. The van der Waals surface area contributed by atoms with E-state index in [1.54, 1.807) is 0 Å². The van der Waals surface area contributed by atoms with E-state index in [0.717, 1.165) is 18.2 Å². The highest BCUT2D eigenvalue weighted by Crippen LogP contribution is 2.32. The van der Waals surface area contributed by atoms with Gasteiger partial charge in [0.25, 0.3) is 0 Å². The summed E-state index contributed by atoms with van der Waals surface area (Å²) in [6.45, 7) is 0. The van der Waals surface area contributed by atoms with Gasteiger partial charge in [-0.05, 0) is 12.1 Å². The van der Waals surface area contributed by atoms with Crippen molar-refractivity contribution in [1.29, 1.82) is 0 Å². The number of aromatic nitrogens is 2. The molecule has 0 atom stereocenters. The fourth-order valence-electron chi connectivity index (χ4n) is 1.30. The largest absolute Gasteiger partial charge is 0.451 e. The number of halogens is 7. The molecule has 0 aliphatic heterocycles. The Morgan fingerprint density at radius 2 is 1.76 bits per heavy atom. The van der Waals surface area contributed by atoms with E-state index < -0.39 is 40.4 Å². The lowest BCUT2D eigenvalue weighted by Gasteiger charge is -2.10. The predicted octanol–water partition coefficient (Wildman–Crippen LogP) is 4.98. The van der Waals surface area contributed by atoms with Crippen LogP contribution in [0, 0.1) is 11.6 Å². The summed E-state index contributed by atoms with van der Waals surface area (Å²) in [4.78, 5) is 6.03. The van der Waals surface area contributed by atoms with Gasteiger partial charge in [-0.1, -0.05) is 27.5 Å². The molecule has 0 saturated carbocycles. The zero-order chi connectivity index (χ0) is 15.8. The molecule has 3 nitrogen and oxygen atoms in total. The van der Waals surface area contributed by atoms with E-state index in [9.17, 15) is 22.0 Å². The Bertz CT molecular complexity index is 695. The van der Waals surface area contributed by atoms with E-state index >= 15 is 0 Å². The first-order valence-corrected chi connectivity index (χ1v) is 6.28. The third-order valence-corrected chi connectivity index (χ3v) is 2.75. The van der Waals surface area contributed by atoms with Gasteiger partial charge < -0.3 is 4.74 Å². The van der Waals surface area contributed by atoms with Crippen LogP contribution in [0.4, 0.5) is 22.0 Å². The predicted molar refractivity (Wildman–Crippen MR) is 66.2 cm³/mol. The average molecular weight is 390 g/mol. The quantitative estimate of drug-likeness (QED) is 0.413. The normalized spacial score (nSPS) is 11.6. The number of hydrogen-bond donors (Lipinski definition) is 0. The zero-order valence-electron chi connectivity index (χ0n) is 9.68. The summed E-state index contributed by atoms with van der Waals surface area (Å²) in [5, 5.41) is -0.553. The standard InChI is InChI=1S/C11H3BrClF5N2O/c12-4-1-5(14)9(15)6(2-4)21-8-3-7(13)19-10(20-8)11(16,17)18/h1-3H. The van der Waals surface area contributed by atoms with Gasteiger partial charge in [-0.2, -0.15) is 22.5 Å². The van der Waals surface area contributed by atoms with Crippen molar-refractivity contribution in [3.05, 3.63) is 45.3 Å². The third kappa shape index (κ3) is 3.79. The summed E-state index contributed by atoms with van der Waals surface area (Å²) in [5.41, 5.74) is 0. The molecule has 2 aromatic rings. The van der Waals surface area contributed by atoms with Crippen LogP contribution in [0.5, 0.6) is 11.6 Å². The molecular formula is C11H3BrClF5N2O. The topological polar surface area (TPSA) is 35.0 Å². The van der Waals surface area contributed by atoms with Gasteiger partial charge in [-0.25, -0.2) is 9.37 Å². The van der Waals surface area contributed by atoms with Gasteiger partial charge in [0, 0.05) is 10.5 Å². The average Bonchev–Trinajstić information content (AvgIpc) is 2.33. The van der Waals surface area contributed by atoms with Crippen LogP contribution in [-0.2, 0) is 6.18 Å². The zero-order valence-corrected chi connectivity index (χ0v) is 12.0. The van der Waals surface area contributed by atoms with Gasteiger partial charge in [-0.15, -0.1) is 0 Å². The highest BCUT2D eigenvalue weighted by atomic mass is 79.9. The SMILES string of the molecule is Fc1cc(Br)cc(Oc2cc(Cl)nc(C(F)(F)F)n2)c1F. The Morgan fingerprint density at radius 3 is 2.38 bits per heavy atom. The van der Waals surface area contributed by atoms with E-state index in [0.29, 0.717) is 0 Å². The summed E-state index contributed by atoms with van der Waals surface area (Å²) in [5.74, 6) is -5.48. The minimum atomic E-state index is -4.86. The summed E-state index contributed by atoms with van der Waals surface area (Å²) >= 11 is 8.31. The monoisotopic (exact) mass is 388 g/mol. The minimum absolute atomic E-state index is 0.132. The molecule has 0 spiro atoms. The van der Waals surface area contributed by atoms with Gasteiger partial charge >= 0.3 is 6.18 Å². The Balaban J connectivity index is 2.43. The van der Waals surface area contributed by atoms with Crippen LogP contribution < -0.4 is 4.74 Å². The third-order valence-electron chi connectivity index (χ3n) is 2.10. The van der Waals surface area contributed by atoms with E-state index in [1.165, 1.54) is 0 Å². The smallest absolute Gasteiger partial charge is 0.436 e. The fraction of sp³-hybridized carbons (Fsp3) is 0.0909. The molecule has 1 aromatic carbocycles. The summed E-state index contributed by atoms with van der Waals surface area (Å²) < 4.78 is 69.1. The first-order chi connectivity index (χ1) is 9.66. The van der Waals surface area contributed by atoms with Crippen LogP contribution in [0.2, 0.25) is 5.15 Å². The molecule has 0 unspecified atom stereocenters. The van der Waals surface area contributed by atoms with Crippen LogP contribution in [0.25, 0.3) is 0 Å². The van der Waals surface area contributed by atoms with Gasteiger partial charge in [0.2, 0.25) is 17.5 Å². The van der Waals surface area contributed by atoms with E-state index in [4.69, 9.17) is 16.3 Å². The van der Waals surface area contributed by atoms with E-state index in [-0.39, 0.29) is 4.47 Å². The molecule has 0 bridgehead atoms. The Hall–Kier alpha value is -1.48. The minimum Gasteiger partial charge on any atom is -0.436 e. The van der Waals surface area contributed by atoms with Crippen molar-refractivity contribution in [3.63, 3.8) is 0 Å². The molecule has 1 aromatic heterocycles. The van der Waals surface area contributed by atoms with Gasteiger partial charge in [-0.3, -0.25) is 0 Å². The van der Waals surface area contributed by atoms with Crippen LogP contribution in [0.15, 0.2) is 22.7 Å². The van der Waals surface area contributed by atoms with Crippen molar-refractivity contribution in [2.45, 2.75) is 6.18 Å². The number of rotatable bonds is 2. The number of benzene rings is 1. The second-order valence-electron chi connectivity index (χ2n) is 3.65. The van der Waals surface area contributed by atoms with Crippen molar-refractivity contribution >= 4 is 27.5 Å². The summed E-state index contributed by atoms with van der Waals surface area (Å²) in [7, 11) is 0. The molecule has 21 heavy (non-hydrogen) atoms. The first-order valence-electron chi connectivity index (χ1n) is 5.11. The number of ether oxygens (including phenoxy) is 1. The molecular weight excluding hydrogens is 386 g/mol. The van der Waals surface area contributed by atoms with Crippen molar-refractivity contribution < 1.29 is 26.7 Å². The second kappa shape index (κ2) is 5.72. The molecule has 0 amide bonds. The van der Waals surface area contributed by atoms with Crippen molar-refractivity contribution in [2.24, 2.45) is 0 Å². The fourth-order valence-corrected chi connectivity index (χ4v) is 1.88. The van der Waals surface area contributed by atoms with Crippen molar-refractivity contribution in [1.82, 2.24) is 9.97 Å². The van der Waals surface area contributed by atoms with Crippen LogP contribution in [0.3, 0.4) is 0 Å². The number of hydrogen-bond acceptors (Lipinski definition) is 3. The van der Waals surface area contributed by atoms with Gasteiger partial charge in [0.15, 0.2) is 11.6 Å². The van der Waals surface area contributed by atoms with Crippen molar-refractivity contribution in [3.8, 4) is 11.6 Å². The molecule has 0 fully saturated rings.